The van der Waals surface area contributed by atoms with Crippen LogP contribution in [0, 0.1) is 0 Å². The summed E-state index contributed by atoms with van der Waals surface area (Å²) >= 11 is 0. The highest BCUT2D eigenvalue weighted by Gasteiger charge is 2.24. The van der Waals surface area contributed by atoms with E-state index in [1.54, 1.807) is 25.1 Å². The van der Waals surface area contributed by atoms with Crippen LogP contribution in [0.15, 0.2) is 29.2 Å². The molecule has 2 N–H and O–H groups in total. The molecule has 1 aliphatic rings. The molecule has 0 saturated heterocycles. The van der Waals surface area contributed by atoms with E-state index in [-0.39, 0.29) is 11.6 Å². The topological polar surface area (TPSA) is 102 Å². The number of benzene rings is 1. The van der Waals surface area contributed by atoms with Crippen molar-refractivity contribution in [2.75, 3.05) is 5.75 Å². The maximum atomic E-state index is 12.4. The molecule has 0 heterocycles. The van der Waals surface area contributed by atoms with Crippen LogP contribution in [0.3, 0.4) is 0 Å². The summed E-state index contributed by atoms with van der Waals surface area (Å²) in [5, 5.41) is 4.98. The van der Waals surface area contributed by atoms with Gasteiger partial charge in [-0.15, -0.1) is 0 Å². The molecule has 3 amide bonds. The highest BCUT2D eigenvalue weighted by atomic mass is 32.2. The average Bonchev–Trinajstić information content (AvgIpc) is 2.67. The van der Waals surface area contributed by atoms with Gasteiger partial charge in [0.25, 0.3) is 5.91 Å². The smallest absolute Gasteiger partial charge is 0.340 e. The number of amides is 3. The summed E-state index contributed by atoms with van der Waals surface area (Å²) in [7, 11) is -1.33. The number of hydrogen-bond acceptors (Lipinski definition) is 5. The fourth-order valence-electron chi connectivity index (χ4n) is 2.95. The lowest BCUT2D eigenvalue weighted by molar-refractivity contribution is -0.127. The van der Waals surface area contributed by atoms with E-state index >= 15 is 0 Å². The van der Waals surface area contributed by atoms with Gasteiger partial charge in [-0.25, -0.2) is 9.59 Å². The summed E-state index contributed by atoms with van der Waals surface area (Å²) in [6.45, 7) is 3.14. The van der Waals surface area contributed by atoms with Gasteiger partial charge in [0.2, 0.25) is 0 Å². The number of imide groups is 1. The molecule has 2 atom stereocenters. The number of hydrogen-bond donors (Lipinski definition) is 2. The number of rotatable bonds is 6. The third-order valence-electron chi connectivity index (χ3n) is 4.44. The minimum Gasteiger partial charge on any atom is -0.449 e. The quantitative estimate of drug-likeness (QED) is 0.722. The summed E-state index contributed by atoms with van der Waals surface area (Å²) < 4.78 is 17.2. The van der Waals surface area contributed by atoms with E-state index in [4.69, 9.17) is 4.74 Å². The number of urea groups is 1. The second-order valence-corrected chi connectivity index (χ2v) is 8.18. The average molecular weight is 394 g/mol. The predicted molar refractivity (Wildman–Crippen MR) is 102 cm³/mol. The molecule has 0 aliphatic heterocycles. The summed E-state index contributed by atoms with van der Waals surface area (Å²) in [5.41, 5.74) is 0.156. The molecule has 0 radical (unpaired) electrons. The molecule has 8 heteroatoms. The Kier molecular flexibility index (Phi) is 7.97. The molecule has 0 aromatic heterocycles. The van der Waals surface area contributed by atoms with Crippen LogP contribution in [0.25, 0.3) is 0 Å². The Morgan fingerprint density at radius 1 is 1.19 bits per heavy atom. The van der Waals surface area contributed by atoms with E-state index in [9.17, 15) is 18.6 Å². The van der Waals surface area contributed by atoms with Crippen molar-refractivity contribution in [2.45, 2.75) is 63.0 Å². The highest BCUT2D eigenvalue weighted by Crippen LogP contribution is 2.17. The lowest BCUT2D eigenvalue weighted by atomic mass is 9.96. The van der Waals surface area contributed by atoms with Gasteiger partial charge in [-0.1, -0.05) is 38.3 Å². The maximum Gasteiger partial charge on any atom is 0.340 e. The van der Waals surface area contributed by atoms with Crippen LogP contribution in [0.2, 0.25) is 0 Å². The van der Waals surface area contributed by atoms with Crippen molar-refractivity contribution in [1.82, 2.24) is 10.6 Å². The van der Waals surface area contributed by atoms with Crippen LogP contribution in [0.5, 0.6) is 0 Å². The molecule has 1 saturated carbocycles. The van der Waals surface area contributed by atoms with Gasteiger partial charge in [0.05, 0.1) is 21.3 Å². The van der Waals surface area contributed by atoms with Crippen LogP contribution >= 0.6 is 0 Å². The monoisotopic (exact) mass is 394 g/mol. The second-order valence-electron chi connectivity index (χ2n) is 6.48. The predicted octanol–water partition coefficient (Wildman–Crippen LogP) is 2.52. The molecule has 1 aromatic rings. The van der Waals surface area contributed by atoms with Gasteiger partial charge in [-0.3, -0.25) is 14.3 Å². The molecule has 2 rings (SSSR count). The number of ether oxygens (including phenoxy) is 1. The number of nitrogens with one attached hydrogen (secondary N) is 2. The van der Waals surface area contributed by atoms with Crippen molar-refractivity contribution in [3.05, 3.63) is 29.8 Å². The van der Waals surface area contributed by atoms with Crippen LogP contribution in [0.1, 0.15) is 56.3 Å². The molecule has 7 nitrogen and oxygen atoms in total. The minimum atomic E-state index is -1.33. The zero-order valence-corrected chi connectivity index (χ0v) is 16.5. The lowest BCUT2D eigenvalue weighted by Gasteiger charge is -2.23. The first-order valence-electron chi connectivity index (χ1n) is 9.22. The van der Waals surface area contributed by atoms with Crippen molar-refractivity contribution >= 4 is 28.7 Å². The van der Waals surface area contributed by atoms with Gasteiger partial charge in [-0.05, 0) is 31.9 Å². The SMILES string of the molecule is CC[S@](=O)c1ccccc1C(=O)O[C@@H](C)C(=O)NC(=O)NC1CCCCC1. The van der Waals surface area contributed by atoms with Crippen LogP contribution in [-0.2, 0) is 20.3 Å². The Morgan fingerprint density at radius 2 is 1.85 bits per heavy atom. The van der Waals surface area contributed by atoms with E-state index in [0.717, 1.165) is 32.1 Å². The standard InChI is InChI=1S/C19H26N2O5S/c1-3-27(25)16-12-8-7-11-15(16)18(23)26-13(2)17(22)21-19(24)20-14-9-5-4-6-10-14/h7-8,11-14H,3-6,9-10H2,1-2H3,(H2,20,21,22,24)/t13-,27-/m0/s1. The molecule has 148 valence electrons. The Labute approximate surface area is 161 Å². The van der Waals surface area contributed by atoms with Crippen molar-refractivity contribution in [3.63, 3.8) is 0 Å². The first-order chi connectivity index (χ1) is 12.9. The fourth-order valence-corrected chi connectivity index (χ4v) is 3.89. The van der Waals surface area contributed by atoms with Crippen molar-refractivity contribution in [3.8, 4) is 0 Å². The number of esters is 1. The third-order valence-corrected chi connectivity index (χ3v) is 5.82. The summed E-state index contributed by atoms with van der Waals surface area (Å²) in [6.07, 6.45) is 3.93. The highest BCUT2D eigenvalue weighted by molar-refractivity contribution is 7.85. The lowest BCUT2D eigenvalue weighted by Crippen LogP contribution is -2.48. The van der Waals surface area contributed by atoms with Gasteiger partial charge in [0.1, 0.15) is 0 Å². The Morgan fingerprint density at radius 3 is 2.52 bits per heavy atom. The first-order valence-corrected chi connectivity index (χ1v) is 10.5. The fraction of sp³-hybridized carbons (Fsp3) is 0.526. The van der Waals surface area contributed by atoms with Crippen molar-refractivity contribution in [1.29, 1.82) is 0 Å². The third kappa shape index (κ3) is 6.16. The summed E-state index contributed by atoms with van der Waals surface area (Å²) in [5.74, 6) is -1.09. The van der Waals surface area contributed by atoms with Gasteiger partial charge in [0, 0.05) is 11.8 Å². The molecule has 1 fully saturated rings. The molecular weight excluding hydrogens is 368 g/mol. The van der Waals surface area contributed by atoms with Crippen LogP contribution < -0.4 is 10.6 Å². The number of carbonyl (C=O) groups excluding carboxylic acids is 3. The molecule has 0 bridgehead atoms. The molecule has 1 aromatic carbocycles. The first kappa shape index (κ1) is 21.1. The zero-order chi connectivity index (χ0) is 19.8. The van der Waals surface area contributed by atoms with Gasteiger partial charge in [0.15, 0.2) is 6.10 Å². The molecular formula is C19H26N2O5S. The van der Waals surface area contributed by atoms with Gasteiger partial charge < -0.3 is 10.1 Å². The van der Waals surface area contributed by atoms with E-state index in [1.165, 1.54) is 13.0 Å². The van der Waals surface area contributed by atoms with Gasteiger partial charge in [-0.2, -0.15) is 0 Å². The summed E-state index contributed by atoms with van der Waals surface area (Å²) in [4.78, 5) is 36.8. The van der Waals surface area contributed by atoms with Crippen molar-refractivity contribution < 1.29 is 23.3 Å². The second kappa shape index (κ2) is 10.2. The minimum absolute atomic E-state index is 0.0697. The van der Waals surface area contributed by atoms with Gasteiger partial charge >= 0.3 is 12.0 Å². The van der Waals surface area contributed by atoms with E-state index < -0.39 is 34.8 Å². The van der Waals surface area contributed by atoms with Crippen LogP contribution in [-0.4, -0.2) is 40.0 Å². The van der Waals surface area contributed by atoms with E-state index in [2.05, 4.69) is 10.6 Å². The molecule has 27 heavy (non-hydrogen) atoms. The van der Waals surface area contributed by atoms with Crippen LogP contribution in [0.4, 0.5) is 4.79 Å². The Hall–Kier alpha value is -2.22. The van der Waals surface area contributed by atoms with Crippen molar-refractivity contribution in [2.24, 2.45) is 0 Å². The van der Waals surface area contributed by atoms with E-state index in [0.29, 0.717) is 10.6 Å². The Balaban J connectivity index is 1.91. The summed E-state index contributed by atoms with van der Waals surface area (Å²) in [6, 6.07) is 5.91. The van der Waals surface area contributed by atoms with E-state index in [1.807, 2.05) is 0 Å². The maximum absolute atomic E-state index is 12.4. The molecule has 0 spiro atoms. The molecule has 1 aliphatic carbocycles. The largest absolute Gasteiger partial charge is 0.449 e. The molecule has 0 unspecified atom stereocenters. The number of carbonyl (C=O) groups is 3. The normalized spacial score (nSPS) is 16.8. The Bertz CT molecular complexity index is 716. The zero-order valence-electron chi connectivity index (χ0n) is 15.7.